The van der Waals surface area contributed by atoms with Gasteiger partial charge in [-0.3, -0.25) is 9.59 Å². The van der Waals surface area contributed by atoms with Crippen LogP contribution in [0, 0.1) is 5.41 Å². The average Bonchev–Trinajstić information content (AvgIpc) is 3.78. The summed E-state index contributed by atoms with van der Waals surface area (Å²) in [5.74, 6) is 0.741. The number of morpholine rings is 1. The van der Waals surface area contributed by atoms with E-state index in [9.17, 15) is 18.0 Å². The lowest BCUT2D eigenvalue weighted by molar-refractivity contribution is -0.139. The summed E-state index contributed by atoms with van der Waals surface area (Å²) >= 11 is 0. The molecule has 2 aromatic carbocycles. The molecule has 0 bridgehead atoms. The van der Waals surface area contributed by atoms with Gasteiger partial charge in [0.1, 0.15) is 5.75 Å². The highest BCUT2D eigenvalue weighted by Gasteiger charge is 2.64. The number of nitrogens with one attached hydrogen (secondary N) is 1. The molecule has 11 nitrogen and oxygen atoms in total. The molecule has 2 aliphatic carbocycles. The van der Waals surface area contributed by atoms with Crippen LogP contribution in [0.2, 0.25) is 0 Å². The van der Waals surface area contributed by atoms with Crippen LogP contribution in [0.4, 0.5) is 0 Å². The molecule has 4 heterocycles. The Morgan fingerprint density at radius 2 is 1.71 bits per heavy atom. The van der Waals surface area contributed by atoms with Crippen LogP contribution in [0.3, 0.4) is 0 Å². The summed E-state index contributed by atoms with van der Waals surface area (Å²) < 4.78 is 43.1. The zero-order chi connectivity index (χ0) is 33.2. The van der Waals surface area contributed by atoms with Gasteiger partial charge < -0.3 is 23.8 Å². The van der Waals surface area contributed by atoms with E-state index in [1.54, 1.807) is 13.2 Å². The fraction of sp³-hybridized carbons (Fsp3) is 0.556. The topological polar surface area (TPSA) is 113 Å². The van der Waals surface area contributed by atoms with Crippen molar-refractivity contribution in [3.8, 4) is 17.0 Å². The fourth-order valence-corrected chi connectivity index (χ4v) is 9.89. The molecule has 5 aliphatic rings. The van der Waals surface area contributed by atoms with Gasteiger partial charge in [0.15, 0.2) is 0 Å². The van der Waals surface area contributed by atoms with Crippen LogP contribution in [0.15, 0.2) is 36.4 Å². The first-order valence-electron chi connectivity index (χ1n) is 17.4. The predicted molar refractivity (Wildman–Crippen MR) is 182 cm³/mol. The van der Waals surface area contributed by atoms with Gasteiger partial charge in [0, 0.05) is 73.8 Å². The van der Waals surface area contributed by atoms with Crippen LogP contribution in [0.1, 0.15) is 71.8 Å². The molecule has 256 valence electrons. The number of benzene rings is 2. The summed E-state index contributed by atoms with van der Waals surface area (Å²) in [6.07, 6.45) is 6.50. The third-order valence-corrected chi connectivity index (χ3v) is 13.0. The van der Waals surface area contributed by atoms with Crippen molar-refractivity contribution in [2.24, 2.45) is 5.41 Å². The Hall–Kier alpha value is -3.45. The summed E-state index contributed by atoms with van der Waals surface area (Å²) in [5.41, 5.74) is 5.26. The van der Waals surface area contributed by atoms with Crippen molar-refractivity contribution in [2.75, 3.05) is 66.6 Å². The van der Waals surface area contributed by atoms with Crippen LogP contribution in [0.5, 0.6) is 5.75 Å². The summed E-state index contributed by atoms with van der Waals surface area (Å²) in [6.45, 7) is 4.63. The highest BCUT2D eigenvalue weighted by molar-refractivity contribution is 7.87. The van der Waals surface area contributed by atoms with Gasteiger partial charge in [0.05, 0.1) is 31.4 Å². The fourth-order valence-electron chi connectivity index (χ4n) is 8.77. The maximum absolute atomic E-state index is 14.6. The van der Waals surface area contributed by atoms with E-state index < -0.39 is 21.5 Å². The number of methoxy groups -OCH3 is 1. The number of ether oxygens (including phenoxy) is 2. The Balaban J connectivity index is 1.27. The number of nitrogens with zero attached hydrogens (tertiary/aromatic N) is 4. The molecular formula is C36H45N5O6S. The van der Waals surface area contributed by atoms with Gasteiger partial charge in [-0.15, -0.1) is 0 Å². The van der Waals surface area contributed by atoms with Gasteiger partial charge in [-0.2, -0.15) is 12.7 Å². The summed E-state index contributed by atoms with van der Waals surface area (Å²) in [5, 5.41) is 1.08. The minimum Gasteiger partial charge on any atom is -0.497 e. The maximum Gasteiger partial charge on any atom is 0.304 e. The van der Waals surface area contributed by atoms with E-state index in [1.807, 2.05) is 23.1 Å². The molecule has 0 radical (unpaired) electrons. The van der Waals surface area contributed by atoms with Gasteiger partial charge in [-0.25, -0.2) is 4.72 Å². The highest BCUT2D eigenvalue weighted by atomic mass is 32.2. The maximum atomic E-state index is 14.6. The molecule has 1 aromatic heterocycles. The molecule has 3 aliphatic heterocycles. The molecule has 2 amide bonds. The van der Waals surface area contributed by atoms with Crippen molar-refractivity contribution in [1.82, 2.24) is 23.4 Å². The normalized spacial score (nSPS) is 25.1. The van der Waals surface area contributed by atoms with Crippen molar-refractivity contribution >= 4 is 32.9 Å². The van der Waals surface area contributed by atoms with E-state index in [0.29, 0.717) is 38.8 Å². The molecular weight excluding hydrogens is 630 g/mol. The first kappa shape index (κ1) is 31.8. The molecule has 2 saturated carbocycles. The predicted octanol–water partition coefficient (Wildman–Crippen LogP) is 3.93. The number of fused-ring (bicyclic) bond motifs is 7. The number of hydrogen-bond donors (Lipinski definition) is 1. The number of carbonyl (C=O) groups is 2. The number of hydrogen-bond acceptors (Lipinski definition) is 7. The van der Waals surface area contributed by atoms with E-state index in [4.69, 9.17) is 9.47 Å². The van der Waals surface area contributed by atoms with Crippen LogP contribution >= 0.6 is 0 Å². The molecule has 12 heteroatoms. The van der Waals surface area contributed by atoms with E-state index in [1.165, 1.54) is 29.1 Å². The van der Waals surface area contributed by atoms with E-state index in [-0.39, 0.29) is 30.5 Å². The lowest BCUT2D eigenvalue weighted by Gasteiger charge is -2.35. The lowest BCUT2D eigenvalue weighted by Crippen LogP contribution is -2.50. The number of rotatable bonds is 6. The van der Waals surface area contributed by atoms with E-state index in [0.717, 1.165) is 65.8 Å². The second-order valence-corrected chi connectivity index (χ2v) is 16.0. The molecule has 2 saturated heterocycles. The Labute approximate surface area is 282 Å². The van der Waals surface area contributed by atoms with Crippen LogP contribution in [0.25, 0.3) is 22.2 Å². The molecule has 8 rings (SSSR count). The lowest BCUT2D eigenvalue weighted by atomic mass is 9.81. The van der Waals surface area contributed by atoms with Crippen molar-refractivity contribution in [3.63, 3.8) is 0 Å². The van der Waals surface area contributed by atoms with Gasteiger partial charge in [0.2, 0.25) is 5.91 Å². The Morgan fingerprint density at radius 1 is 0.958 bits per heavy atom. The second kappa shape index (κ2) is 12.2. The molecule has 4 fully saturated rings. The number of likely N-dealkylation sites (N-methyl/N-ethyl adjacent to an activating group) is 1. The molecule has 1 N–H and O–H groups in total. The van der Waals surface area contributed by atoms with Crippen LogP contribution < -0.4 is 9.46 Å². The first-order chi connectivity index (χ1) is 23.2. The van der Waals surface area contributed by atoms with Crippen molar-refractivity contribution < 1.29 is 27.5 Å². The number of aromatic nitrogens is 1. The largest absolute Gasteiger partial charge is 0.497 e. The van der Waals surface area contributed by atoms with Crippen molar-refractivity contribution in [2.45, 2.75) is 56.9 Å². The van der Waals surface area contributed by atoms with Gasteiger partial charge in [-0.05, 0) is 73.7 Å². The zero-order valence-corrected chi connectivity index (χ0v) is 28.7. The van der Waals surface area contributed by atoms with E-state index >= 15 is 0 Å². The van der Waals surface area contributed by atoms with Crippen LogP contribution in [-0.4, -0.2) is 106 Å². The molecule has 0 spiro atoms. The Kier molecular flexibility index (Phi) is 8.05. The summed E-state index contributed by atoms with van der Waals surface area (Å²) in [4.78, 5) is 32.5. The monoisotopic (exact) mass is 675 g/mol. The smallest absolute Gasteiger partial charge is 0.304 e. The molecule has 2 atom stereocenters. The van der Waals surface area contributed by atoms with Gasteiger partial charge in [0.25, 0.3) is 5.91 Å². The summed E-state index contributed by atoms with van der Waals surface area (Å²) in [6, 6.07) is 11.9. The van der Waals surface area contributed by atoms with Gasteiger partial charge >= 0.3 is 10.2 Å². The third kappa shape index (κ3) is 5.32. The minimum atomic E-state index is -4.02. The average molecular weight is 676 g/mol. The number of carbonyl (C=O) groups excluding carboxylic acids is 2. The highest BCUT2D eigenvalue weighted by Crippen LogP contribution is 2.66. The van der Waals surface area contributed by atoms with Crippen LogP contribution in [-0.2, 0) is 26.3 Å². The zero-order valence-electron chi connectivity index (χ0n) is 27.9. The summed E-state index contributed by atoms with van der Waals surface area (Å²) in [7, 11) is -0.243. The Bertz CT molecular complexity index is 1870. The second-order valence-electron chi connectivity index (χ2n) is 14.3. The number of piperazine rings is 1. The minimum absolute atomic E-state index is 0.0639. The first-order valence-corrected chi connectivity index (χ1v) is 18.9. The molecule has 2 unspecified atom stereocenters. The quantitative estimate of drug-likeness (QED) is 0.422. The van der Waals surface area contributed by atoms with E-state index in [2.05, 4.69) is 33.4 Å². The SMILES string of the molecule is COc1ccc2c(c1)C1CC1(C(=O)N1CCN(C)CC1)Cn1c-2c(C2CCCCC2)c2ccc(C(=O)NS(=O)(=O)N3CCOCC3)cc21. The van der Waals surface area contributed by atoms with Gasteiger partial charge in [-0.1, -0.05) is 25.3 Å². The van der Waals surface area contributed by atoms with Crippen molar-refractivity contribution in [3.05, 3.63) is 53.1 Å². The third-order valence-electron chi connectivity index (χ3n) is 11.5. The molecule has 3 aromatic rings. The number of amides is 2. The Morgan fingerprint density at radius 3 is 2.44 bits per heavy atom. The standard InChI is InChI=1S/C36H45N5O6S/c1-38-12-14-39(15-13-38)35(43)36-22-30(36)29-21-26(46-2)9-11-27(29)33-32(24-6-4-3-5-7-24)28-10-8-25(20-31(28)41(33)23-36)34(42)37-48(44,45)40-16-18-47-19-17-40/h8-11,20-21,24,30H,3-7,12-19,22-23H2,1-2H3,(H,37,42). The van der Waals surface area contributed by atoms with Crippen molar-refractivity contribution in [1.29, 1.82) is 0 Å². The molecule has 48 heavy (non-hydrogen) atoms.